The number of aliphatic hydroxyl groups is 1. The van der Waals surface area contributed by atoms with Crippen LogP contribution in [0.25, 0.3) is 0 Å². The molecule has 4 nitrogen and oxygen atoms in total. The van der Waals surface area contributed by atoms with Crippen LogP contribution in [0.5, 0.6) is 5.75 Å². The topological polar surface area (TPSA) is 58.6 Å². The van der Waals surface area contributed by atoms with E-state index in [1.807, 2.05) is 24.3 Å². The Morgan fingerprint density at radius 1 is 1.29 bits per heavy atom. The second kappa shape index (κ2) is 8.03. The van der Waals surface area contributed by atoms with E-state index in [0.717, 1.165) is 43.4 Å². The van der Waals surface area contributed by atoms with Gasteiger partial charge in [0.2, 0.25) is 5.91 Å². The summed E-state index contributed by atoms with van der Waals surface area (Å²) >= 11 is 0. The third-order valence-electron chi connectivity index (χ3n) is 4.23. The van der Waals surface area contributed by atoms with Gasteiger partial charge in [0.05, 0.1) is 13.2 Å². The van der Waals surface area contributed by atoms with E-state index in [1.54, 1.807) is 7.11 Å². The number of methoxy groups -OCH3 is 1. The Morgan fingerprint density at radius 3 is 2.67 bits per heavy atom. The van der Waals surface area contributed by atoms with E-state index in [1.165, 1.54) is 0 Å². The minimum absolute atomic E-state index is 0.0589. The summed E-state index contributed by atoms with van der Waals surface area (Å²) < 4.78 is 5.11. The molecule has 0 spiro atoms. The monoisotopic (exact) mass is 291 g/mol. The van der Waals surface area contributed by atoms with E-state index in [-0.39, 0.29) is 17.9 Å². The van der Waals surface area contributed by atoms with Crippen LogP contribution < -0.4 is 10.1 Å². The summed E-state index contributed by atoms with van der Waals surface area (Å²) in [5.74, 6) is 1.11. The van der Waals surface area contributed by atoms with Gasteiger partial charge < -0.3 is 15.2 Å². The first-order valence-electron chi connectivity index (χ1n) is 7.76. The van der Waals surface area contributed by atoms with Gasteiger partial charge in [0.1, 0.15) is 5.75 Å². The number of amides is 1. The molecule has 4 heteroatoms. The van der Waals surface area contributed by atoms with E-state index in [0.29, 0.717) is 13.0 Å². The van der Waals surface area contributed by atoms with Gasteiger partial charge in [-0.3, -0.25) is 4.79 Å². The van der Waals surface area contributed by atoms with Crippen molar-refractivity contribution >= 4 is 5.91 Å². The third-order valence-corrected chi connectivity index (χ3v) is 4.23. The maximum Gasteiger partial charge on any atom is 0.220 e. The molecule has 0 aliphatic heterocycles. The Morgan fingerprint density at radius 2 is 2.00 bits per heavy atom. The van der Waals surface area contributed by atoms with Crippen LogP contribution in [0.1, 0.15) is 37.7 Å². The Hall–Kier alpha value is -1.55. The second-order valence-corrected chi connectivity index (χ2v) is 5.76. The summed E-state index contributed by atoms with van der Waals surface area (Å²) in [6.07, 6.45) is 5.09. The SMILES string of the molecule is COc1ccc(CCC(=O)NCC2CCCCC2O)cc1. The average molecular weight is 291 g/mol. The summed E-state index contributed by atoms with van der Waals surface area (Å²) in [4.78, 5) is 11.9. The number of aryl methyl sites for hydroxylation is 1. The lowest BCUT2D eigenvalue weighted by atomic mass is 9.86. The van der Waals surface area contributed by atoms with Crippen LogP contribution in [0.15, 0.2) is 24.3 Å². The molecule has 1 saturated carbocycles. The number of nitrogens with one attached hydrogen (secondary N) is 1. The first kappa shape index (κ1) is 15.8. The molecule has 0 radical (unpaired) electrons. The van der Waals surface area contributed by atoms with Gasteiger partial charge in [-0.1, -0.05) is 25.0 Å². The molecule has 21 heavy (non-hydrogen) atoms. The third kappa shape index (κ3) is 5.05. The smallest absolute Gasteiger partial charge is 0.220 e. The van der Waals surface area contributed by atoms with Crippen LogP contribution in [0, 0.1) is 5.92 Å². The molecule has 0 aromatic heterocycles. The van der Waals surface area contributed by atoms with Gasteiger partial charge in [-0.25, -0.2) is 0 Å². The highest BCUT2D eigenvalue weighted by Gasteiger charge is 2.23. The van der Waals surface area contributed by atoms with Crippen molar-refractivity contribution < 1.29 is 14.6 Å². The molecule has 1 aliphatic carbocycles. The quantitative estimate of drug-likeness (QED) is 0.845. The van der Waals surface area contributed by atoms with Crippen LogP contribution in [0.4, 0.5) is 0 Å². The zero-order valence-corrected chi connectivity index (χ0v) is 12.7. The molecule has 1 fully saturated rings. The highest BCUT2D eigenvalue weighted by molar-refractivity contribution is 5.76. The number of carbonyl (C=O) groups excluding carboxylic acids is 1. The minimum Gasteiger partial charge on any atom is -0.497 e. The molecule has 0 bridgehead atoms. The molecule has 1 aromatic rings. The largest absolute Gasteiger partial charge is 0.497 e. The fourth-order valence-corrected chi connectivity index (χ4v) is 2.81. The predicted molar refractivity (Wildman–Crippen MR) is 82.3 cm³/mol. The maximum atomic E-state index is 11.9. The van der Waals surface area contributed by atoms with Gasteiger partial charge in [-0.15, -0.1) is 0 Å². The molecule has 1 amide bonds. The number of ether oxygens (including phenoxy) is 1. The standard InChI is InChI=1S/C17H25NO3/c1-21-15-9-6-13(7-10-15)8-11-17(20)18-12-14-4-2-3-5-16(14)19/h6-7,9-10,14,16,19H,2-5,8,11-12H2,1H3,(H,18,20). The molecule has 2 rings (SSSR count). The molecule has 0 heterocycles. The van der Waals surface area contributed by atoms with Crippen molar-refractivity contribution in [2.45, 2.75) is 44.6 Å². The lowest BCUT2D eigenvalue weighted by Gasteiger charge is -2.27. The lowest BCUT2D eigenvalue weighted by Crippen LogP contribution is -2.36. The van der Waals surface area contributed by atoms with Crippen LogP contribution in [0.3, 0.4) is 0 Å². The first-order chi connectivity index (χ1) is 10.2. The summed E-state index contributed by atoms with van der Waals surface area (Å²) in [5, 5.41) is 12.8. The number of rotatable bonds is 6. The lowest BCUT2D eigenvalue weighted by molar-refractivity contribution is -0.121. The van der Waals surface area contributed by atoms with Crippen LogP contribution in [-0.2, 0) is 11.2 Å². The van der Waals surface area contributed by atoms with Crippen LogP contribution >= 0.6 is 0 Å². The summed E-state index contributed by atoms with van der Waals surface area (Å²) in [6.45, 7) is 0.600. The van der Waals surface area contributed by atoms with Crippen molar-refractivity contribution in [1.29, 1.82) is 0 Å². The molecular weight excluding hydrogens is 266 g/mol. The number of aliphatic hydroxyl groups excluding tert-OH is 1. The number of benzene rings is 1. The van der Waals surface area contributed by atoms with Crippen molar-refractivity contribution in [2.24, 2.45) is 5.92 Å². The normalized spacial score (nSPS) is 21.8. The first-order valence-corrected chi connectivity index (χ1v) is 7.76. The van der Waals surface area contributed by atoms with Crippen molar-refractivity contribution in [3.63, 3.8) is 0 Å². The highest BCUT2D eigenvalue weighted by atomic mass is 16.5. The van der Waals surface area contributed by atoms with Gasteiger partial charge in [0.15, 0.2) is 0 Å². The van der Waals surface area contributed by atoms with E-state index < -0.39 is 0 Å². The van der Waals surface area contributed by atoms with Crippen molar-refractivity contribution in [1.82, 2.24) is 5.32 Å². The van der Waals surface area contributed by atoms with E-state index in [4.69, 9.17) is 4.74 Å². The molecule has 1 aliphatic rings. The Labute approximate surface area is 126 Å². The molecular formula is C17H25NO3. The van der Waals surface area contributed by atoms with E-state index in [2.05, 4.69) is 5.32 Å². The number of carbonyl (C=O) groups is 1. The Balaban J connectivity index is 1.69. The van der Waals surface area contributed by atoms with Crippen LogP contribution in [0.2, 0.25) is 0 Å². The number of hydrogen-bond acceptors (Lipinski definition) is 3. The second-order valence-electron chi connectivity index (χ2n) is 5.76. The van der Waals surface area contributed by atoms with Gasteiger partial charge >= 0.3 is 0 Å². The van der Waals surface area contributed by atoms with Crippen LogP contribution in [-0.4, -0.2) is 30.8 Å². The zero-order valence-electron chi connectivity index (χ0n) is 12.7. The minimum atomic E-state index is -0.249. The number of hydrogen-bond donors (Lipinski definition) is 2. The maximum absolute atomic E-state index is 11.9. The fourth-order valence-electron chi connectivity index (χ4n) is 2.81. The molecule has 0 saturated heterocycles. The van der Waals surface area contributed by atoms with Gasteiger partial charge in [-0.05, 0) is 37.0 Å². The predicted octanol–water partition coefficient (Wildman–Crippen LogP) is 2.30. The molecule has 1 aromatic carbocycles. The summed E-state index contributed by atoms with van der Waals surface area (Å²) in [5.41, 5.74) is 1.13. The van der Waals surface area contributed by atoms with Gasteiger partial charge in [-0.2, -0.15) is 0 Å². The van der Waals surface area contributed by atoms with Crippen molar-refractivity contribution in [3.8, 4) is 5.75 Å². The fraction of sp³-hybridized carbons (Fsp3) is 0.588. The Kier molecular flexibility index (Phi) is 6.05. The van der Waals surface area contributed by atoms with Gasteiger partial charge in [0, 0.05) is 18.9 Å². The molecule has 116 valence electrons. The highest BCUT2D eigenvalue weighted by Crippen LogP contribution is 2.23. The molecule has 2 unspecified atom stereocenters. The van der Waals surface area contributed by atoms with E-state index in [9.17, 15) is 9.90 Å². The van der Waals surface area contributed by atoms with Crippen molar-refractivity contribution in [2.75, 3.05) is 13.7 Å². The zero-order chi connectivity index (χ0) is 15.1. The van der Waals surface area contributed by atoms with E-state index >= 15 is 0 Å². The molecule has 2 atom stereocenters. The summed E-state index contributed by atoms with van der Waals surface area (Å²) in [6, 6.07) is 7.78. The average Bonchev–Trinajstić information content (AvgIpc) is 2.52. The molecule has 2 N–H and O–H groups in total. The van der Waals surface area contributed by atoms with Crippen molar-refractivity contribution in [3.05, 3.63) is 29.8 Å². The summed E-state index contributed by atoms with van der Waals surface area (Å²) in [7, 11) is 1.64. The van der Waals surface area contributed by atoms with Gasteiger partial charge in [0.25, 0.3) is 0 Å². The Bertz CT molecular complexity index is 444.